The van der Waals surface area contributed by atoms with Crippen molar-refractivity contribution in [2.24, 2.45) is 0 Å². The van der Waals surface area contributed by atoms with Crippen LogP contribution in [0.25, 0.3) is 0 Å². The van der Waals surface area contributed by atoms with Crippen molar-refractivity contribution in [2.45, 2.75) is 121 Å². The number of amides is 1. The Kier molecular flexibility index (Phi) is 16.3. The van der Waals surface area contributed by atoms with Gasteiger partial charge in [0, 0.05) is 16.8 Å². The van der Waals surface area contributed by atoms with Crippen molar-refractivity contribution in [3.8, 4) is 0 Å². The van der Waals surface area contributed by atoms with Crippen molar-refractivity contribution in [3.05, 3.63) is 34.3 Å². The summed E-state index contributed by atoms with van der Waals surface area (Å²) in [6.45, 7) is 3.10. The Morgan fingerprint density at radius 3 is 1.85 bits per heavy atom. The molecule has 0 spiro atoms. The van der Waals surface area contributed by atoms with E-state index in [1.165, 1.54) is 102 Å². The van der Waals surface area contributed by atoms with E-state index < -0.39 is 0 Å². The van der Waals surface area contributed by atoms with Crippen molar-refractivity contribution < 1.29 is 4.79 Å². The van der Waals surface area contributed by atoms with Crippen molar-refractivity contribution in [1.29, 1.82) is 0 Å². The van der Waals surface area contributed by atoms with E-state index in [1.54, 1.807) is 0 Å². The highest BCUT2D eigenvalue weighted by Gasteiger charge is 2.30. The molecule has 33 heavy (non-hydrogen) atoms. The zero-order valence-corrected chi connectivity index (χ0v) is 23.3. The van der Waals surface area contributed by atoms with E-state index in [4.69, 9.17) is 0 Å². The van der Waals surface area contributed by atoms with Crippen LogP contribution in [0.15, 0.2) is 28.7 Å². The van der Waals surface area contributed by atoms with Crippen LogP contribution >= 0.6 is 27.7 Å². The summed E-state index contributed by atoms with van der Waals surface area (Å²) >= 11 is 5.29. The third-order valence-electron chi connectivity index (χ3n) is 6.60. The van der Waals surface area contributed by atoms with Gasteiger partial charge >= 0.3 is 0 Å². The number of nitrogens with one attached hydrogen (secondary N) is 2. The lowest BCUT2D eigenvalue weighted by molar-refractivity contribution is -0.122. The summed E-state index contributed by atoms with van der Waals surface area (Å²) in [7, 11) is 0. The van der Waals surface area contributed by atoms with E-state index in [1.807, 2.05) is 11.8 Å². The predicted molar refractivity (Wildman–Crippen MR) is 149 cm³/mol. The maximum Gasteiger partial charge on any atom is 0.238 e. The van der Waals surface area contributed by atoms with Crippen LogP contribution in [0.5, 0.6) is 0 Å². The minimum absolute atomic E-state index is 0.0790. The summed E-state index contributed by atoms with van der Waals surface area (Å²) in [6, 6.07) is 8.27. The molecule has 0 bridgehead atoms. The molecule has 1 heterocycles. The van der Waals surface area contributed by atoms with Crippen LogP contribution in [-0.2, 0) is 4.79 Å². The molecular weight excluding hydrogens is 492 g/mol. The second-order valence-corrected chi connectivity index (χ2v) is 11.6. The molecule has 5 heteroatoms. The average Bonchev–Trinajstić information content (AvgIpc) is 3.32. The molecule has 2 atom stereocenters. The molecule has 1 aliphatic heterocycles. The Morgan fingerprint density at radius 2 is 1.33 bits per heavy atom. The number of benzene rings is 1. The van der Waals surface area contributed by atoms with E-state index >= 15 is 0 Å². The van der Waals surface area contributed by atoms with E-state index in [0.717, 1.165) is 23.2 Å². The predicted octanol–water partition coefficient (Wildman–Crippen LogP) is 8.53. The molecule has 2 N–H and O–H groups in total. The molecule has 0 aromatic heterocycles. The van der Waals surface area contributed by atoms with E-state index in [9.17, 15) is 4.79 Å². The first kappa shape index (κ1) is 28.7. The van der Waals surface area contributed by atoms with Crippen LogP contribution < -0.4 is 10.6 Å². The largest absolute Gasteiger partial charge is 0.355 e. The fourth-order valence-corrected chi connectivity index (χ4v) is 5.97. The summed E-state index contributed by atoms with van der Waals surface area (Å²) < 4.78 is 1.09. The molecule has 0 radical (unpaired) electrons. The molecule has 0 saturated carbocycles. The minimum atomic E-state index is -0.0790. The van der Waals surface area contributed by atoms with E-state index in [2.05, 4.69) is 57.8 Å². The number of carbonyl (C=O) groups is 1. The number of hydrogen-bond donors (Lipinski definition) is 2. The van der Waals surface area contributed by atoms with Gasteiger partial charge in [-0.15, -0.1) is 11.8 Å². The number of carbonyl (C=O) groups excluding carboxylic acids is 1. The fourth-order valence-electron chi connectivity index (χ4n) is 4.46. The van der Waals surface area contributed by atoms with Crippen molar-refractivity contribution in [2.75, 3.05) is 12.3 Å². The van der Waals surface area contributed by atoms with Gasteiger partial charge in [-0.05, 0) is 24.1 Å². The highest BCUT2D eigenvalue weighted by atomic mass is 79.9. The van der Waals surface area contributed by atoms with Gasteiger partial charge in [-0.2, -0.15) is 0 Å². The Labute approximate surface area is 216 Å². The second kappa shape index (κ2) is 18.8. The molecule has 3 nitrogen and oxygen atoms in total. The summed E-state index contributed by atoms with van der Waals surface area (Å²) in [5, 5.41) is 6.81. The zero-order chi connectivity index (χ0) is 23.6. The van der Waals surface area contributed by atoms with Gasteiger partial charge in [0.25, 0.3) is 0 Å². The zero-order valence-electron chi connectivity index (χ0n) is 20.9. The van der Waals surface area contributed by atoms with Gasteiger partial charge in [-0.25, -0.2) is 0 Å². The molecule has 1 aromatic rings. The van der Waals surface area contributed by atoms with E-state index in [-0.39, 0.29) is 17.3 Å². The number of hydrogen-bond acceptors (Lipinski definition) is 3. The van der Waals surface area contributed by atoms with Crippen molar-refractivity contribution in [1.82, 2.24) is 10.6 Å². The lowest BCUT2D eigenvalue weighted by Crippen LogP contribution is -2.42. The Bertz CT molecular complexity index is 625. The number of unbranched alkanes of at least 4 members (excludes halogenated alkanes) is 15. The smallest absolute Gasteiger partial charge is 0.238 e. The van der Waals surface area contributed by atoms with Crippen LogP contribution in [-0.4, -0.2) is 24.2 Å². The second-order valence-electron chi connectivity index (χ2n) is 9.58. The van der Waals surface area contributed by atoms with Gasteiger partial charge in [-0.1, -0.05) is 131 Å². The maximum absolute atomic E-state index is 12.4. The molecule has 1 aliphatic rings. The Hall–Kier alpha value is -0.520. The Balaban J connectivity index is 1.34. The maximum atomic E-state index is 12.4. The average molecular weight is 540 g/mol. The first-order valence-electron chi connectivity index (χ1n) is 13.6. The lowest BCUT2D eigenvalue weighted by Gasteiger charge is -2.14. The summed E-state index contributed by atoms with van der Waals surface area (Å²) in [4.78, 5) is 12.4. The van der Waals surface area contributed by atoms with Crippen LogP contribution in [0.4, 0.5) is 0 Å². The van der Waals surface area contributed by atoms with Gasteiger partial charge in [0.05, 0.1) is 11.4 Å². The van der Waals surface area contributed by atoms with Gasteiger partial charge in [-0.3, -0.25) is 10.1 Å². The molecule has 1 amide bonds. The molecule has 188 valence electrons. The van der Waals surface area contributed by atoms with Crippen LogP contribution in [0.2, 0.25) is 0 Å². The van der Waals surface area contributed by atoms with Gasteiger partial charge in [0.1, 0.15) is 0 Å². The first-order chi connectivity index (χ1) is 16.2. The van der Waals surface area contributed by atoms with Crippen LogP contribution in [0.3, 0.4) is 0 Å². The third kappa shape index (κ3) is 13.2. The monoisotopic (exact) mass is 538 g/mol. The summed E-state index contributed by atoms with van der Waals surface area (Å²) in [6.07, 6.45) is 22.0. The molecule has 0 aliphatic carbocycles. The van der Waals surface area contributed by atoms with Crippen molar-refractivity contribution in [3.63, 3.8) is 0 Å². The van der Waals surface area contributed by atoms with Crippen LogP contribution in [0.1, 0.15) is 121 Å². The summed E-state index contributed by atoms with van der Waals surface area (Å²) in [5.74, 6) is 0.994. The Morgan fingerprint density at radius 1 is 0.848 bits per heavy atom. The fraction of sp³-hybridized carbons (Fsp3) is 0.750. The van der Waals surface area contributed by atoms with Crippen LogP contribution in [0, 0.1) is 0 Å². The summed E-state index contributed by atoms with van der Waals surface area (Å²) in [5.41, 5.74) is 1.23. The standard InChI is InChI=1S/C28H47BrN2OS/c1-2-3-4-5-6-7-8-9-10-11-12-13-14-15-16-17-22-30-27(32)26-23-33-28(31-26)24-18-20-25(29)21-19-24/h18-21,26,28,31H,2-17,22-23H2,1H3,(H,30,32)/t26-,28?/m1/s1. The number of rotatable bonds is 19. The SMILES string of the molecule is CCCCCCCCCCCCCCCCCCNC(=O)[C@H]1CSC(c2ccc(Br)cc2)N1. The number of halogens is 1. The van der Waals surface area contributed by atoms with Crippen molar-refractivity contribution >= 4 is 33.6 Å². The molecule has 1 fully saturated rings. The molecule has 1 aromatic carbocycles. The lowest BCUT2D eigenvalue weighted by atomic mass is 10.0. The van der Waals surface area contributed by atoms with Gasteiger partial charge < -0.3 is 5.32 Å². The van der Waals surface area contributed by atoms with Gasteiger partial charge in [0.15, 0.2) is 0 Å². The highest BCUT2D eigenvalue weighted by molar-refractivity contribution is 9.10. The third-order valence-corrected chi connectivity index (χ3v) is 8.40. The normalized spacial score (nSPS) is 18.0. The molecule has 2 rings (SSSR count). The number of thioether (sulfide) groups is 1. The molecule has 1 saturated heterocycles. The topological polar surface area (TPSA) is 41.1 Å². The highest BCUT2D eigenvalue weighted by Crippen LogP contribution is 2.33. The van der Waals surface area contributed by atoms with E-state index in [0.29, 0.717) is 0 Å². The molecular formula is C28H47BrN2OS. The molecule has 1 unspecified atom stereocenters. The minimum Gasteiger partial charge on any atom is -0.355 e. The quantitative estimate of drug-likeness (QED) is 0.173. The van der Waals surface area contributed by atoms with Gasteiger partial charge in [0.2, 0.25) is 5.91 Å². The first-order valence-corrected chi connectivity index (χ1v) is 15.5.